The Morgan fingerprint density at radius 2 is 1.81 bits per heavy atom. The normalized spacial score (nSPS) is 32.7. The summed E-state index contributed by atoms with van der Waals surface area (Å²) in [6.45, 7) is 2.91. The van der Waals surface area contributed by atoms with E-state index in [2.05, 4.69) is 0 Å². The summed E-state index contributed by atoms with van der Waals surface area (Å²) >= 11 is 1.55. The number of fused-ring (bicyclic) bond motifs is 3. The SMILES string of the molecule is C[C@]12C=CCOC(=O)[C@H]1[C@H]1C(=O)N(CCCCO)C3C(=O)N(c4ccc5ccccc5c4)CC=C[C@@]31S2. The third-order valence-corrected chi connectivity index (χ3v) is 9.96. The minimum absolute atomic E-state index is 0.0187. The van der Waals surface area contributed by atoms with Crippen LogP contribution in [0.15, 0.2) is 66.8 Å². The number of amides is 2. The fourth-order valence-corrected chi connectivity index (χ4v) is 8.72. The number of cyclic esters (lactones) is 1. The van der Waals surface area contributed by atoms with Crippen LogP contribution in [-0.2, 0) is 19.1 Å². The van der Waals surface area contributed by atoms with Gasteiger partial charge in [-0.1, -0.05) is 48.6 Å². The van der Waals surface area contributed by atoms with Gasteiger partial charge in [-0.3, -0.25) is 14.4 Å². The van der Waals surface area contributed by atoms with Gasteiger partial charge in [0.15, 0.2) is 0 Å². The number of rotatable bonds is 5. The average Bonchev–Trinajstić information content (AvgIpc) is 3.14. The van der Waals surface area contributed by atoms with Gasteiger partial charge in [0.2, 0.25) is 5.91 Å². The Kier molecular flexibility index (Phi) is 5.92. The van der Waals surface area contributed by atoms with Crippen LogP contribution < -0.4 is 4.90 Å². The summed E-state index contributed by atoms with van der Waals surface area (Å²) in [4.78, 5) is 45.2. The van der Waals surface area contributed by atoms with Gasteiger partial charge in [0.05, 0.1) is 16.6 Å². The molecule has 0 radical (unpaired) electrons. The molecule has 1 spiro atoms. The first-order chi connectivity index (χ1) is 17.9. The number of hydrogen-bond donors (Lipinski definition) is 1. The van der Waals surface area contributed by atoms with Crippen LogP contribution in [0, 0.1) is 11.8 Å². The zero-order chi connectivity index (χ0) is 25.8. The Hall–Kier alpha value is -3.10. The van der Waals surface area contributed by atoms with Crippen LogP contribution in [0.25, 0.3) is 10.8 Å². The molecular formula is C29H30N2O5S. The molecule has 4 aliphatic heterocycles. The van der Waals surface area contributed by atoms with Crippen molar-refractivity contribution in [1.29, 1.82) is 0 Å². The highest BCUT2D eigenvalue weighted by Crippen LogP contribution is 2.65. The van der Waals surface area contributed by atoms with Crippen molar-refractivity contribution >= 4 is 46.0 Å². The number of carbonyl (C=O) groups is 3. The lowest BCUT2D eigenvalue weighted by Gasteiger charge is -2.36. The molecule has 2 fully saturated rings. The van der Waals surface area contributed by atoms with Gasteiger partial charge in [0.1, 0.15) is 12.6 Å². The van der Waals surface area contributed by atoms with Crippen LogP contribution in [0.5, 0.6) is 0 Å². The van der Waals surface area contributed by atoms with Gasteiger partial charge in [-0.2, -0.15) is 0 Å². The van der Waals surface area contributed by atoms with Gasteiger partial charge < -0.3 is 19.6 Å². The van der Waals surface area contributed by atoms with Gasteiger partial charge in [-0.05, 0) is 48.7 Å². The van der Waals surface area contributed by atoms with E-state index >= 15 is 0 Å². The second-order valence-electron chi connectivity index (χ2n) is 10.4. The third-order valence-electron chi connectivity index (χ3n) is 8.16. The van der Waals surface area contributed by atoms with E-state index in [1.54, 1.807) is 21.6 Å². The van der Waals surface area contributed by atoms with Gasteiger partial charge in [-0.25, -0.2) is 0 Å². The molecule has 192 valence electrons. The van der Waals surface area contributed by atoms with E-state index < -0.39 is 27.4 Å². The van der Waals surface area contributed by atoms with Crippen LogP contribution in [0.4, 0.5) is 5.69 Å². The molecule has 1 unspecified atom stereocenters. The minimum Gasteiger partial charge on any atom is -0.461 e. The maximum atomic E-state index is 14.4. The van der Waals surface area contributed by atoms with Gasteiger partial charge in [0.25, 0.3) is 5.91 Å². The largest absolute Gasteiger partial charge is 0.461 e. The van der Waals surface area contributed by atoms with Gasteiger partial charge >= 0.3 is 5.97 Å². The third kappa shape index (κ3) is 3.64. The maximum absolute atomic E-state index is 14.4. The molecule has 6 rings (SSSR count). The van der Waals surface area contributed by atoms with Crippen LogP contribution in [0.3, 0.4) is 0 Å². The number of thioether (sulfide) groups is 1. The first-order valence-corrected chi connectivity index (χ1v) is 13.6. The molecule has 5 atom stereocenters. The van der Waals surface area contributed by atoms with Crippen molar-refractivity contribution in [2.45, 2.75) is 35.3 Å². The summed E-state index contributed by atoms with van der Waals surface area (Å²) in [5.41, 5.74) is 0.777. The molecule has 0 saturated carbocycles. The monoisotopic (exact) mass is 518 g/mol. The maximum Gasteiger partial charge on any atom is 0.311 e. The molecule has 37 heavy (non-hydrogen) atoms. The highest BCUT2D eigenvalue weighted by atomic mass is 32.2. The quantitative estimate of drug-likeness (QED) is 0.371. The predicted molar refractivity (Wildman–Crippen MR) is 143 cm³/mol. The zero-order valence-corrected chi connectivity index (χ0v) is 21.5. The van der Waals surface area contributed by atoms with Crippen molar-refractivity contribution < 1.29 is 24.2 Å². The Labute approximate surface area is 220 Å². The fourth-order valence-electron chi connectivity index (χ4n) is 6.57. The molecule has 0 aliphatic carbocycles. The number of nitrogens with zero attached hydrogens (tertiary/aromatic N) is 2. The molecule has 0 bridgehead atoms. The standard InChI is InChI=1S/C29H30N2O5S/c1-28-12-7-17-36-27(35)23(28)22-25(33)31(14-4-5-16-32)24-26(34)30(15-6-13-29(22,24)37-28)21-11-10-19-8-2-3-9-20(19)18-21/h2-3,6-13,18,22-24,32H,4-5,14-17H2,1H3/t22-,23+,24?,28-,29-/m0/s1. The van der Waals surface area contributed by atoms with Crippen LogP contribution in [-0.4, -0.2) is 69.6 Å². The van der Waals surface area contributed by atoms with E-state index in [9.17, 15) is 19.5 Å². The van der Waals surface area contributed by atoms with E-state index in [0.29, 0.717) is 25.9 Å². The fraction of sp³-hybridized carbons (Fsp3) is 0.414. The topological polar surface area (TPSA) is 87.1 Å². The van der Waals surface area contributed by atoms with Crippen molar-refractivity contribution in [1.82, 2.24) is 4.90 Å². The molecular weight excluding hydrogens is 488 g/mol. The van der Waals surface area contributed by atoms with E-state index in [1.807, 2.05) is 73.7 Å². The van der Waals surface area contributed by atoms with E-state index in [1.165, 1.54) is 0 Å². The number of ether oxygens (including phenoxy) is 1. The summed E-state index contributed by atoms with van der Waals surface area (Å²) in [5, 5.41) is 11.5. The molecule has 4 aliphatic rings. The van der Waals surface area contributed by atoms with Crippen molar-refractivity contribution in [3.63, 3.8) is 0 Å². The Morgan fingerprint density at radius 3 is 2.62 bits per heavy atom. The smallest absolute Gasteiger partial charge is 0.311 e. The summed E-state index contributed by atoms with van der Waals surface area (Å²) in [7, 11) is 0. The molecule has 1 N–H and O–H groups in total. The summed E-state index contributed by atoms with van der Waals surface area (Å²) in [5.74, 6) is -2.10. The van der Waals surface area contributed by atoms with Crippen molar-refractivity contribution in [3.8, 4) is 0 Å². The van der Waals surface area contributed by atoms with Crippen molar-refractivity contribution in [2.24, 2.45) is 11.8 Å². The predicted octanol–water partition coefficient (Wildman–Crippen LogP) is 3.32. The highest BCUT2D eigenvalue weighted by molar-refractivity contribution is 8.02. The van der Waals surface area contributed by atoms with Crippen LogP contribution in [0.2, 0.25) is 0 Å². The summed E-state index contributed by atoms with van der Waals surface area (Å²) in [6.07, 6.45) is 8.91. The van der Waals surface area contributed by atoms with E-state index in [4.69, 9.17) is 4.74 Å². The lowest BCUT2D eigenvalue weighted by Crippen LogP contribution is -2.53. The Balaban J connectivity index is 1.46. The van der Waals surface area contributed by atoms with E-state index in [0.717, 1.165) is 16.5 Å². The number of anilines is 1. The molecule has 0 aromatic heterocycles. The number of aliphatic hydroxyl groups is 1. The average molecular weight is 519 g/mol. The number of carbonyl (C=O) groups excluding carboxylic acids is 3. The van der Waals surface area contributed by atoms with Crippen molar-refractivity contribution in [3.05, 3.63) is 66.8 Å². The second kappa shape index (κ2) is 9.03. The summed E-state index contributed by atoms with van der Waals surface area (Å²) < 4.78 is 3.93. The van der Waals surface area contributed by atoms with Crippen LogP contribution >= 0.6 is 11.8 Å². The number of likely N-dealkylation sites (tertiary alicyclic amines) is 1. The molecule has 7 nitrogen and oxygen atoms in total. The molecule has 2 aromatic rings. The minimum atomic E-state index is -0.890. The number of aliphatic hydroxyl groups excluding tert-OH is 1. The molecule has 2 amide bonds. The first-order valence-electron chi connectivity index (χ1n) is 12.8. The first kappa shape index (κ1) is 24.2. The lowest BCUT2D eigenvalue weighted by atomic mass is 9.75. The van der Waals surface area contributed by atoms with Gasteiger partial charge in [-0.15, -0.1) is 11.8 Å². The van der Waals surface area contributed by atoms with Crippen LogP contribution in [0.1, 0.15) is 19.8 Å². The number of benzene rings is 2. The molecule has 4 heterocycles. The molecule has 8 heteroatoms. The van der Waals surface area contributed by atoms with Crippen molar-refractivity contribution in [2.75, 3.05) is 31.2 Å². The second-order valence-corrected chi connectivity index (χ2v) is 12.2. The number of hydrogen-bond acceptors (Lipinski definition) is 6. The number of esters is 1. The number of unbranched alkanes of at least 4 members (excludes halogenated alkanes) is 1. The van der Waals surface area contributed by atoms with Gasteiger partial charge in [0, 0.05) is 30.1 Å². The zero-order valence-electron chi connectivity index (χ0n) is 20.7. The molecule has 2 aromatic carbocycles. The lowest BCUT2D eigenvalue weighted by molar-refractivity contribution is -0.152. The highest BCUT2D eigenvalue weighted by Gasteiger charge is 2.74. The summed E-state index contributed by atoms with van der Waals surface area (Å²) in [6, 6.07) is 13.2. The Bertz CT molecular complexity index is 1340. The molecule has 2 saturated heterocycles. The van der Waals surface area contributed by atoms with E-state index in [-0.39, 0.29) is 31.0 Å². The Morgan fingerprint density at radius 1 is 1.00 bits per heavy atom.